The minimum Gasteiger partial charge on any atom is -0.474 e. The van der Waals surface area contributed by atoms with Gasteiger partial charge in [0.2, 0.25) is 0 Å². The molecule has 0 bridgehead atoms. The fourth-order valence-electron chi connectivity index (χ4n) is 5.51. The van der Waals surface area contributed by atoms with E-state index < -0.39 is 0 Å². The second-order valence-electron chi connectivity index (χ2n) is 8.62. The lowest BCUT2D eigenvalue weighted by Gasteiger charge is -2.28. The van der Waals surface area contributed by atoms with Crippen molar-refractivity contribution in [3.05, 3.63) is 40.3 Å². The van der Waals surface area contributed by atoms with E-state index in [9.17, 15) is 0 Å². The van der Waals surface area contributed by atoms with Gasteiger partial charge in [0.1, 0.15) is 22.9 Å². The van der Waals surface area contributed by atoms with Gasteiger partial charge in [-0.2, -0.15) is 0 Å². The highest BCUT2D eigenvalue weighted by molar-refractivity contribution is 8.00. The molecule has 0 saturated heterocycles. The Labute approximate surface area is 168 Å². The average molecular weight is 388 g/mol. The van der Waals surface area contributed by atoms with Crippen LogP contribution < -0.4 is 21.5 Å². The number of rotatable bonds is 0. The van der Waals surface area contributed by atoms with Gasteiger partial charge in [-0.15, -0.1) is 0 Å². The summed E-state index contributed by atoms with van der Waals surface area (Å²) in [5.41, 5.74) is 7.33. The topological polar surface area (TPSA) is 35.5 Å². The van der Waals surface area contributed by atoms with Crippen molar-refractivity contribution in [2.75, 3.05) is 0 Å². The van der Waals surface area contributed by atoms with Crippen LogP contribution in [-0.4, -0.2) is 6.71 Å². The summed E-state index contributed by atoms with van der Waals surface area (Å²) in [6, 6.07) is 4.49. The Balaban J connectivity index is 1.53. The molecule has 0 saturated carbocycles. The maximum atomic E-state index is 6.56. The summed E-state index contributed by atoms with van der Waals surface area (Å²) < 4.78 is 19.6. The number of hydrogen-bond donors (Lipinski definition) is 0. The summed E-state index contributed by atoms with van der Waals surface area (Å²) in [5.74, 6) is 4.32. The molecule has 0 amide bonds. The summed E-state index contributed by atoms with van der Waals surface area (Å²) >= 11 is 1.88. The summed E-state index contributed by atoms with van der Waals surface area (Å²) in [5, 5.41) is 0. The second-order valence-corrected chi connectivity index (χ2v) is 9.67. The van der Waals surface area contributed by atoms with Crippen molar-refractivity contribution < 1.29 is 13.6 Å². The van der Waals surface area contributed by atoms with E-state index in [4.69, 9.17) is 13.6 Å². The molecule has 3 aromatic rings. The third kappa shape index (κ3) is 1.98. The Hall–Kier alpha value is -2.01. The van der Waals surface area contributed by atoms with Gasteiger partial charge in [0.05, 0.1) is 5.66 Å². The molecule has 28 heavy (non-hydrogen) atoms. The van der Waals surface area contributed by atoms with E-state index in [0.29, 0.717) is 0 Å². The molecule has 0 N–H and O–H groups in total. The van der Waals surface area contributed by atoms with Crippen molar-refractivity contribution in [2.45, 2.75) is 68.1 Å². The third-order valence-corrected chi connectivity index (χ3v) is 7.99. The molecule has 0 radical (unpaired) electrons. The molecule has 0 fully saturated rings. The molecule has 3 nitrogen and oxygen atoms in total. The van der Waals surface area contributed by atoms with Crippen molar-refractivity contribution in [2.24, 2.45) is 0 Å². The molecule has 2 aliphatic carbocycles. The van der Waals surface area contributed by atoms with E-state index in [2.05, 4.69) is 19.1 Å². The van der Waals surface area contributed by atoms with Gasteiger partial charge >= 0.3 is 6.71 Å². The normalized spacial score (nSPS) is 18.5. The maximum absolute atomic E-state index is 6.56. The average Bonchev–Trinajstić information content (AvgIpc) is 3.26. The molecule has 0 spiro atoms. The first-order valence-corrected chi connectivity index (χ1v) is 11.4. The molecule has 2 aromatic heterocycles. The van der Waals surface area contributed by atoms with Crippen LogP contribution in [0.4, 0.5) is 0 Å². The van der Waals surface area contributed by atoms with Crippen LogP contribution in [0.15, 0.2) is 30.8 Å². The molecular weight excluding hydrogens is 367 g/mol. The SMILES string of the molecule is Cc1cc2c3c(c1)Sc1c(oc4c1CCCC4)B3c1oc3c(c1O2)CCCC3. The molecule has 7 rings (SSSR count). The summed E-state index contributed by atoms with van der Waals surface area (Å²) in [6.45, 7) is 2.21. The lowest BCUT2D eigenvalue weighted by atomic mass is 9.40. The predicted octanol–water partition coefficient (Wildman–Crippen LogP) is 4.03. The standard InChI is InChI=1S/C23H21BO3S/c1-12-10-17-19-18(11-12)28-21-14-7-3-5-9-16(14)27-23(21)24(19)22-20(25-17)13-6-2-4-8-15(13)26-22/h10-11H,2-9H2,1H3. The molecule has 4 aliphatic rings. The van der Waals surface area contributed by atoms with E-state index in [-0.39, 0.29) is 6.71 Å². The molecule has 0 unspecified atom stereocenters. The van der Waals surface area contributed by atoms with Crippen LogP contribution in [0.3, 0.4) is 0 Å². The van der Waals surface area contributed by atoms with Crippen LogP contribution in [0, 0.1) is 6.92 Å². The Kier molecular flexibility index (Phi) is 3.14. The molecule has 0 atom stereocenters. The van der Waals surface area contributed by atoms with Gasteiger partial charge in [-0.3, -0.25) is 0 Å². The number of fused-ring (bicyclic) bond motifs is 8. The lowest BCUT2D eigenvalue weighted by Crippen LogP contribution is -2.57. The van der Waals surface area contributed by atoms with Gasteiger partial charge in [0.15, 0.2) is 5.75 Å². The fraction of sp³-hybridized carbons (Fsp3) is 0.391. The van der Waals surface area contributed by atoms with Gasteiger partial charge in [0, 0.05) is 33.8 Å². The molecule has 5 heteroatoms. The zero-order valence-electron chi connectivity index (χ0n) is 16.0. The van der Waals surface area contributed by atoms with Crippen molar-refractivity contribution in [3.8, 4) is 11.5 Å². The number of benzene rings is 1. The largest absolute Gasteiger partial charge is 0.474 e. The first kappa shape index (κ1) is 15.9. The fourth-order valence-corrected chi connectivity index (χ4v) is 6.90. The minimum atomic E-state index is 0.0433. The van der Waals surface area contributed by atoms with Crippen LogP contribution in [0.1, 0.15) is 53.9 Å². The molecule has 140 valence electrons. The number of hydrogen-bond acceptors (Lipinski definition) is 4. The third-order valence-electron chi connectivity index (χ3n) is 6.78. The van der Waals surface area contributed by atoms with Gasteiger partial charge in [-0.25, -0.2) is 0 Å². The second kappa shape index (κ2) is 5.53. The molecule has 2 aliphatic heterocycles. The van der Waals surface area contributed by atoms with Gasteiger partial charge in [-0.1, -0.05) is 11.8 Å². The predicted molar refractivity (Wildman–Crippen MR) is 111 cm³/mol. The Morgan fingerprint density at radius 3 is 2.43 bits per heavy atom. The van der Waals surface area contributed by atoms with Gasteiger partial charge < -0.3 is 13.6 Å². The monoisotopic (exact) mass is 388 g/mol. The van der Waals surface area contributed by atoms with Gasteiger partial charge in [0.25, 0.3) is 0 Å². The quantitative estimate of drug-likeness (QED) is 0.376. The zero-order chi connectivity index (χ0) is 18.4. The van der Waals surface area contributed by atoms with E-state index in [1.54, 1.807) is 0 Å². The van der Waals surface area contributed by atoms with Crippen LogP contribution in [0.25, 0.3) is 0 Å². The number of aryl methyl sites for hydroxylation is 3. The van der Waals surface area contributed by atoms with Crippen molar-refractivity contribution in [1.82, 2.24) is 0 Å². The Morgan fingerprint density at radius 1 is 0.857 bits per heavy atom. The van der Waals surface area contributed by atoms with Crippen molar-refractivity contribution >= 4 is 35.3 Å². The van der Waals surface area contributed by atoms with Crippen molar-refractivity contribution in [3.63, 3.8) is 0 Å². The van der Waals surface area contributed by atoms with Crippen LogP contribution in [0.2, 0.25) is 0 Å². The first-order chi connectivity index (χ1) is 13.8. The van der Waals surface area contributed by atoms with E-state index in [0.717, 1.165) is 54.3 Å². The zero-order valence-corrected chi connectivity index (χ0v) is 16.8. The smallest absolute Gasteiger partial charge is 0.343 e. The number of furan rings is 2. The van der Waals surface area contributed by atoms with Crippen LogP contribution in [0.5, 0.6) is 11.5 Å². The first-order valence-electron chi connectivity index (χ1n) is 10.6. The van der Waals surface area contributed by atoms with Gasteiger partial charge in [-0.05, 0) is 68.6 Å². The summed E-state index contributed by atoms with van der Waals surface area (Å²) in [4.78, 5) is 2.66. The molecule has 4 heterocycles. The van der Waals surface area contributed by atoms with E-state index in [1.807, 2.05) is 11.8 Å². The highest BCUT2D eigenvalue weighted by Gasteiger charge is 2.47. The minimum absolute atomic E-state index is 0.0433. The number of ether oxygens (including phenoxy) is 1. The van der Waals surface area contributed by atoms with Crippen LogP contribution in [-0.2, 0) is 25.7 Å². The lowest BCUT2D eigenvalue weighted by molar-refractivity contribution is 0.468. The van der Waals surface area contributed by atoms with Crippen molar-refractivity contribution in [1.29, 1.82) is 0 Å². The highest BCUT2D eigenvalue weighted by atomic mass is 32.2. The molecular formula is C23H21BO3S. The van der Waals surface area contributed by atoms with E-state index in [1.165, 1.54) is 63.4 Å². The van der Waals surface area contributed by atoms with E-state index >= 15 is 0 Å². The maximum Gasteiger partial charge on any atom is 0.343 e. The summed E-state index contributed by atoms with van der Waals surface area (Å²) in [6.07, 6.45) is 9.21. The highest BCUT2D eigenvalue weighted by Crippen LogP contribution is 2.44. The molecule has 1 aromatic carbocycles. The van der Waals surface area contributed by atoms with Crippen LogP contribution >= 0.6 is 11.8 Å². The summed E-state index contributed by atoms with van der Waals surface area (Å²) in [7, 11) is 0. The Bertz CT molecular complexity index is 1070. The Morgan fingerprint density at radius 2 is 1.57 bits per heavy atom.